The Bertz CT molecular complexity index is 2950. The molecule has 43 heteroatoms. The molecule has 0 amide bonds. The third-order valence-electron chi connectivity index (χ3n) is 9.96. The number of esters is 8. The van der Waals surface area contributed by atoms with E-state index in [9.17, 15) is 72.9 Å². The van der Waals surface area contributed by atoms with Gasteiger partial charge in [0.2, 0.25) is 0 Å². The third-order valence-corrected chi connectivity index (χ3v) is 9.96. The summed E-state index contributed by atoms with van der Waals surface area (Å²) in [5.41, 5.74) is 2.39. The third kappa shape index (κ3) is 45.4. The number of pyridine rings is 2. The summed E-state index contributed by atoms with van der Waals surface area (Å²) in [4.78, 5) is 102. The van der Waals surface area contributed by atoms with Crippen LogP contribution in [0.25, 0.3) is 0 Å². The molecule has 0 N–H and O–H groups in total. The van der Waals surface area contributed by atoms with Gasteiger partial charge in [0.1, 0.15) is 36.8 Å². The van der Waals surface area contributed by atoms with Crippen LogP contribution in [0.15, 0.2) is 61.2 Å². The molecule has 97 heavy (non-hydrogen) atoms. The van der Waals surface area contributed by atoms with E-state index in [-0.39, 0.29) is 46.9 Å². The number of carbonyl (C=O) groups excluding carboxylic acids is 8. The Morgan fingerprint density at radius 3 is 0.938 bits per heavy atom. The van der Waals surface area contributed by atoms with E-state index in [2.05, 4.69) is 30.6 Å². The van der Waals surface area contributed by atoms with Crippen molar-refractivity contribution in [3.05, 3.63) is 84.0 Å². The van der Waals surface area contributed by atoms with E-state index in [0.717, 1.165) is 52.9 Å². The Morgan fingerprint density at radius 2 is 0.701 bits per heavy atom. The molecular weight excluding hydrogens is 1420 g/mol. The van der Waals surface area contributed by atoms with Crippen LogP contribution in [0.1, 0.15) is 106 Å². The molecule has 6 rings (SSSR count). The van der Waals surface area contributed by atoms with Crippen LogP contribution in [0.5, 0.6) is 0 Å². The van der Waals surface area contributed by atoms with Crippen LogP contribution in [-0.2, 0) is 142 Å². The minimum Gasteiger partial charge on any atom is -0.463 e. The first-order valence-electron chi connectivity index (χ1n) is 27.3. The van der Waals surface area contributed by atoms with Gasteiger partial charge in [-0.25, -0.2) is 9.36 Å². The molecule has 2 saturated heterocycles. The molecule has 32 nitrogen and oxygen atoms in total. The minimum absolute atomic E-state index is 0. The van der Waals surface area contributed by atoms with Crippen molar-refractivity contribution in [3.63, 3.8) is 0 Å². The standard InChI is InChI=1S/2C23H28N4O10.4C2H3N.2BF4.Pd/c2*1-13(28)32-12-19-20(34-14(2)29)21(35-15(3)30)22(36-16(4)31)23(37-19)33-11-18-10-27(26-25-18)9-17-7-5-6-8-24-17;4*1-2-3;2*2-1(3,4)5;/h2*5-8,10,19-23H,9,11-12H2,1-4H3;4*1H3;;;/q;;;;;;2*-1;+2/t2*19-,20-,21+,22-,23-;;;;;;;/m11......./s1. The molecule has 2 aliphatic rings. The molecule has 0 unspecified atom stereocenters. The quantitative estimate of drug-likeness (QED) is 0.0465. The van der Waals surface area contributed by atoms with Gasteiger partial charge in [-0.05, 0) is 24.3 Å². The van der Waals surface area contributed by atoms with E-state index in [1.165, 1.54) is 41.5 Å². The first-order valence-corrected chi connectivity index (χ1v) is 27.3. The summed E-state index contributed by atoms with van der Waals surface area (Å²) >= 11 is 0. The summed E-state index contributed by atoms with van der Waals surface area (Å²) in [7, 11) is -12.0. The monoisotopic (exact) mass is 1480 g/mol. The van der Waals surface area contributed by atoms with Crippen molar-refractivity contribution in [2.75, 3.05) is 13.2 Å². The van der Waals surface area contributed by atoms with Crippen LogP contribution in [0.3, 0.4) is 0 Å². The van der Waals surface area contributed by atoms with Gasteiger partial charge in [0, 0.05) is 95.5 Å². The van der Waals surface area contributed by atoms with Crippen molar-refractivity contribution in [3.8, 4) is 24.3 Å². The van der Waals surface area contributed by atoms with Gasteiger partial charge in [-0.1, -0.05) is 22.6 Å². The topological polar surface area (TPSA) is 430 Å². The molecule has 0 bridgehead atoms. The van der Waals surface area contributed by atoms with E-state index in [0.29, 0.717) is 24.5 Å². The Labute approximate surface area is 563 Å². The predicted molar refractivity (Wildman–Crippen MR) is 306 cm³/mol. The Balaban J connectivity index is -0.00000138. The zero-order valence-electron chi connectivity index (χ0n) is 53.8. The average molecular weight is 1490 g/mol. The average Bonchev–Trinajstić information content (AvgIpc) is 1.27. The summed E-state index contributed by atoms with van der Waals surface area (Å²) in [6.45, 7) is 14.8. The first-order chi connectivity index (χ1) is 44.9. The van der Waals surface area contributed by atoms with Crippen molar-refractivity contribution < 1.29 is 150 Å². The van der Waals surface area contributed by atoms with Crippen LogP contribution in [0, 0.1) is 45.3 Å². The van der Waals surface area contributed by atoms with Gasteiger partial charge in [0.15, 0.2) is 49.2 Å². The number of halogens is 8. The van der Waals surface area contributed by atoms with Crippen molar-refractivity contribution >= 4 is 62.3 Å². The van der Waals surface area contributed by atoms with Crippen molar-refractivity contribution in [2.24, 2.45) is 0 Å². The summed E-state index contributed by atoms with van der Waals surface area (Å²) < 4.78 is 147. The largest absolute Gasteiger partial charge is 2.00 e. The molecule has 0 saturated carbocycles. The smallest absolute Gasteiger partial charge is 0.463 e. The molecule has 4 aromatic heterocycles. The Kier molecular flexibility index (Phi) is 47.1. The van der Waals surface area contributed by atoms with E-state index in [1.54, 1.807) is 70.6 Å². The summed E-state index contributed by atoms with van der Waals surface area (Å²) in [6.07, 6.45) is -5.99. The maximum absolute atomic E-state index is 11.9. The summed E-state index contributed by atoms with van der Waals surface area (Å²) in [5, 5.41) is 45.5. The van der Waals surface area contributed by atoms with Crippen LogP contribution in [0.2, 0.25) is 0 Å². The van der Waals surface area contributed by atoms with E-state index < -0.39 is 124 Å². The van der Waals surface area contributed by atoms with Gasteiger partial charge < -0.3 is 91.4 Å². The number of carbonyl (C=O) groups is 8. The van der Waals surface area contributed by atoms with Gasteiger partial charge in [-0.15, -0.1) is 10.2 Å². The van der Waals surface area contributed by atoms with Gasteiger partial charge in [-0.2, -0.15) is 21.0 Å². The second kappa shape index (κ2) is 49.9. The molecule has 10 atom stereocenters. The summed E-state index contributed by atoms with van der Waals surface area (Å²) in [6, 6.07) is 18.0. The van der Waals surface area contributed by atoms with Gasteiger partial charge in [0.05, 0.1) is 74.4 Å². The molecule has 0 radical (unpaired) electrons. The van der Waals surface area contributed by atoms with Crippen molar-refractivity contribution in [2.45, 2.75) is 171 Å². The number of hydrogen-bond acceptors (Lipinski definition) is 30. The fourth-order valence-electron chi connectivity index (χ4n) is 7.26. The fraction of sp³-hybridized carbons (Fsp3) is 0.519. The zero-order chi connectivity index (χ0) is 73.7. The van der Waals surface area contributed by atoms with Crippen LogP contribution in [0.4, 0.5) is 34.5 Å². The van der Waals surface area contributed by atoms with Crippen LogP contribution in [-0.4, -0.2) is 177 Å². The fourth-order valence-corrected chi connectivity index (χ4v) is 7.26. The van der Waals surface area contributed by atoms with E-state index in [1.807, 2.05) is 24.3 Å². The van der Waals surface area contributed by atoms with Crippen molar-refractivity contribution in [1.29, 1.82) is 21.0 Å². The Morgan fingerprint density at radius 1 is 0.443 bits per heavy atom. The van der Waals surface area contributed by atoms with Gasteiger partial charge in [-0.3, -0.25) is 48.3 Å². The van der Waals surface area contributed by atoms with Crippen molar-refractivity contribution in [1.82, 2.24) is 40.0 Å². The molecule has 536 valence electrons. The molecule has 0 aromatic carbocycles. The maximum atomic E-state index is 11.9. The van der Waals surface area contributed by atoms with E-state index >= 15 is 0 Å². The molecule has 6 heterocycles. The summed E-state index contributed by atoms with van der Waals surface area (Å²) in [5.74, 6) is -5.57. The predicted octanol–water partition coefficient (Wildman–Crippen LogP) is 5.36. The molecule has 0 spiro atoms. The molecule has 0 aliphatic carbocycles. The first kappa shape index (κ1) is 91.6. The maximum Gasteiger partial charge on any atom is 2.00 e. The van der Waals surface area contributed by atoms with Crippen LogP contribution >= 0.6 is 0 Å². The number of aromatic nitrogens is 8. The SMILES string of the molecule is CC#N.CC#N.CC#N.CC#N.CC(=O)OC[C@H]1O[C@@H](OCc2cn(Cc3ccccn3)nn2)[C@H](OC(C)=O)[C@@H](OC(C)=O)[C@@H]1OC(C)=O.CC(=O)OC[C@H]1O[C@@H](OCc2cn(Cc3ccccn3)nn2)[C@H](OC(C)=O)[C@@H](OC(C)=O)[C@@H]1OC(C)=O.F[B-](F)(F)F.F[B-](F)(F)F.[Pd+2]. The van der Waals surface area contributed by atoms with Gasteiger partial charge in [0.25, 0.3) is 0 Å². The second-order valence-corrected chi connectivity index (χ2v) is 18.1. The zero-order valence-corrected chi connectivity index (χ0v) is 55.4. The normalized spacial score (nSPS) is 19.2. The second-order valence-electron chi connectivity index (χ2n) is 18.1. The van der Waals surface area contributed by atoms with Gasteiger partial charge >= 0.3 is 82.7 Å². The molecule has 2 aliphatic heterocycles. The van der Waals surface area contributed by atoms with Crippen LogP contribution < -0.4 is 0 Å². The number of nitriles is 4. The number of hydrogen-bond donors (Lipinski definition) is 0. The molecular formula is C54H68B2F8N12O20Pd. The number of nitrogens with zero attached hydrogens (tertiary/aromatic N) is 12. The number of ether oxygens (including phenoxy) is 12. The number of rotatable bonds is 20. The minimum atomic E-state index is -6.00. The van der Waals surface area contributed by atoms with E-state index in [4.69, 9.17) is 77.9 Å². The molecule has 2 fully saturated rings. The Hall–Kier alpha value is -9.63. The molecule has 4 aromatic rings.